The molecule has 1 aliphatic heterocycles. The number of ether oxygens (including phenoxy) is 2. The maximum atomic E-state index is 14.6. The van der Waals surface area contributed by atoms with Gasteiger partial charge in [-0.15, -0.1) is 0 Å². The lowest BCUT2D eigenvalue weighted by atomic mass is 9.63. The summed E-state index contributed by atoms with van der Waals surface area (Å²) in [5.41, 5.74) is -0.742. The Bertz CT molecular complexity index is 806. The highest BCUT2D eigenvalue weighted by Gasteiger charge is 2.56. The molecule has 0 saturated carbocycles. The van der Waals surface area contributed by atoms with Crippen molar-refractivity contribution in [2.75, 3.05) is 11.9 Å². The van der Waals surface area contributed by atoms with E-state index >= 15 is 0 Å². The fraction of sp³-hybridized carbons (Fsp3) is 0.571. The molecule has 0 amide bonds. The van der Waals surface area contributed by atoms with Crippen molar-refractivity contribution in [2.24, 2.45) is 0 Å². The molecular weight excluding hydrogens is 434 g/mol. The number of fused-ring (bicyclic) bond motifs is 3. The summed E-state index contributed by atoms with van der Waals surface area (Å²) in [5.74, 6) is -5.33. The van der Waals surface area contributed by atoms with Gasteiger partial charge in [-0.1, -0.05) is 39.7 Å². The van der Waals surface area contributed by atoms with E-state index in [2.05, 4.69) is 15.9 Å². The highest BCUT2D eigenvalue weighted by atomic mass is 79.9. The molecule has 3 rings (SSSR count). The Morgan fingerprint density at radius 3 is 2.82 bits per heavy atom. The molecule has 0 radical (unpaired) electrons. The zero-order chi connectivity index (χ0) is 20.7. The van der Waals surface area contributed by atoms with Crippen LogP contribution in [-0.4, -0.2) is 34.2 Å². The largest absolute Gasteiger partial charge is 0.485 e. The number of alkyl halides is 3. The lowest BCUT2D eigenvalue weighted by Gasteiger charge is -2.53. The molecule has 0 bridgehead atoms. The van der Waals surface area contributed by atoms with E-state index in [4.69, 9.17) is 9.47 Å². The van der Waals surface area contributed by atoms with E-state index in [9.17, 15) is 18.7 Å². The van der Waals surface area contributed by atoms with E-state index in [0.717, 1.165) is 5.57 Å². The molecular formula is C21H25BrF2O4. The molecule has 1 heterocycles. The molecule has 0 fully saturated rings. The van der Waals surface area contributed by atoms with Crippen LogP contribution in [0.4, 0.5) is 8.78 Å². The van der Waals surface area contributed by atoms with Crippen LogP contribution in [0.3, 0.4) is 0 Å². The Kier molecular flexibility index (Phi) is 5.62. The fourth-order valence-corrected chi connectivity index (χ4v) is 4.20. The standard InChI is InChI=1S/C21H25BrF2O4/c1-13-7-8-20(26)16(11-13)15-6-5-14(12-17(15)28-19(20,2)3)21(23,24)18(25)27-10-4-9-22/h5-7,12,16,26H,4,8-11H2,1-3H3. The number of carbonyl (C=O) groups is 1. The van der Waals surface area contributed by atoms with Crippen LogP contribution in [0, 0.1) is 0 Å². The number of halogens is 3. The number of allylic oxidation sites excluding steroid dienone is 1. The second-order valence-electron chi connectivity index (χ2n) is 8.05. The average Bonchev–Trinajstić information content (AvgIpc) is 2.62. The van der Waals surface area contributed by atoms with E-state index in [1.807, 2.05) is 13.0 Å². The third kappa shape index (κ3) is 3.47. The molecule has 1 aliphatic carbocycles. The third-order valence-electron chi connectivity index (χ3n) is 5.79. The van der Waals surface area contributed by atoms with Crippen molar-refractivity contribution in [1.82, 2.24) is 0 Å². The molecule has 28 heavy (non-hydrogen) atoms. The normalized spacial score (nSPS) is 25.8. The molecule has 7 heteroatoms. The Morgan fingerprint density at radius 1 is 1.43 bits per heavy atom. The molecule has 0 aromatic heterocycles. The topological polar surface area (TPSA) is 55.8 Å². The molecule has 1 aromatic carbocycles. The highest BCUT2D eigenvalue weighted by molar-refractivity contribution is 9.09. The summed E-state index contributed by atoms with van der Waals surface area (Å²) in [7, 11) is 0. The lowest BCUT2D eigenvalue weighted by molar-refractivity contribution is -0.173. The van der Waals surface area contributed by atoms with Gasteiger partial charge in [0.2, 0.25) is 0 Å². The van der Waals surface area contributed by atoms with Crippen LogP contribution in [-0.2, 0) is 15.5 Å². The Labute approximate surface area is 172 Å². The van der Waals surface area contributed by atoms with E-state index in [1.165, 1.54) is 18.2 Å². The van der Waals surface area contributed by atoms with Gasteiger partial charge in [-0.2, -0.15) is 8.78 Å². The minimum absolute atomic E-state index is 0.0745. The number of aliphatic hydroxyl groups is 1. The first-order valence-electron chi connectivity index (χ1n) is 9.35. The van der Waals surface area contributed by atoms with Gasteiger partial charge in [0.05, 0.1) is 6.61 Å². The van der Waals surface area contributed by atoms with E-state index in [0.29, 0.717) is 30.2 Å². The van der Waals surface area contributed by atoms with Crippen LogP contribution in [0.25, 0.3) is 0 Å². The SMILES string of the molecule is CC1=CCC2(O)C(C1)c1ccc(C(F)(F)C(=O)OCCCBr)cc1OC2(C)C. The lowest BCUT2D eigenvalue weighted by Crippen LogP contribution is -2.60. The number of carbonyl (C=O) groups excluding carboxylic acids is 1. The minimum atomic E-state index is -3.77. The summed E-state index contributed by atoms with van der Waals surface area (Å²) in [4.78, 5) is 11.9. The van der Waals surface area contributed by atoms with Gasteiger partial charge in [0, 0.05) is 22.4 Å². The predicted molar refractivity (Wildman–Crippen MR) is 105 cm³/mol. The monoisotopic (exact) mass is 458 g/mol. The molecule has 2 atom stereocenters. The summed E-state index contributed by atoms with van der Waals surface area (Å²) in [6.45, 7) is 5.44. The first kappa shape index (κ1) is 21.2. The summed E-state index contributed by atoms with van der Waals surface area (Å²) < 4.78 is 39.9. The smallest absolute Gasteiger partial charge is 0.381 e. The molecule has 4 nitrogen and oxygen atoms in total. The Hall–Kier alpha value is -1.47. The second kappa shape index (κ2) is 7.41. The predicted octanol–water partition coefficient (Wildman–Crippen LogP) is 4.83. The fourth-order valence-electron chi connectivity index (χ4n) is 3.98. The minimum Gasteiger partial charge on any atom is -0.485 e. The summed E-state index contributed by atoms with van der Waals surface area (Å²) in [5, 5.41) is 11.9. The van der Waals surface area contributed by atoms with Gasteiger partial charge in [-0.25, -0.2) is 4.79 Å². The average molecular weight is 459 g/mol. The molecule has 2 aliphatic rings. The van der Waals surface area contributed by atoms with E-state index in [1.54, 1.807) is 13.8 Å². The molecule has 1 N–H and O–H groups in total. The van der Waals surface area contributed by atoms with Gasteiger partial charge in [0.1, 0.15) is 17.0 Å². The number of rotatable bonds is 5. The van der Waals surface area contributed by atoms with Gasteiger partial charge in [-0.3, -0.25) is 0 Å². The van der Waals surface area contributed by atoms with Crippen molar-refractivity contribution in [3.8, 4) is 5.75 Å². The van der Waals surface area contributed by atoms with Gasteiger partial charge < -0.3 is 14.6 Å². The Balaban J connectivity index is 1.96. The first-order valence-corrected chi connectivity index (χ1v) is 10.5. The second-order valence-corrected chi connectivity index (χ2v) is 8.85. The third-order valence-corrected chi connectivity index (χ3v) is 6.35. The first-order chi connectivity index (χ1) is 13.0. The molecule has 1 aromatic rings. The zero-order valence-electron chi connectivity index (χ0n) is 16.2. The number of hydrogen-bond donors (Lipinski definition) is 1. The highest BCUT2D eigenvalue weighted by Crippen LogP contribution is 2.54. The summed E-state index contributed by atoms with van der Waals surface area (Å²) in [6, 6.07) is 3.96. The van der Waals surface area contributed by atoms with Crippen LogP contribution < -0.4 is 4.74 Å². The van der Waals surface area contributed by atoms with Crippen molar-refractivity contribution in [2.45, 2.75) is 63.1 Å². The summed E-state index contributed by atoms with van der Waals surface area (Å²) >= 11 is 3.16. The van der Waals surface area contributed by atoms with E-state index < -0.39 is 28.7 Å². The maximum absolute atomic E-state index is 14.6. The quantitative estimate of drug-likeness (QED) is 0.297. The van der Waals surface area contributed by atoms with Gasteiger partial charge in [-0.05, 0) is 46.1 Å². The van der Waals surface area contributed by atoms with Gasteiger partial charge >= 0.3 is 11.9 Å². The van der Waals surface area contributed by atoms with E-state index in [-0.39, 0.29) is 18.3 Å². The Morgan fingerprint density at radius 2 is 2.14 bits per heavy atom. The van der Waals surface area contributed by atoms with Crippen LogP contribution in [0.2, 0.25) is 0 Å². The van der Waals surface area contributed by atoms with Crippen molar-refractivity contribution in [3.63, 3.8) is 0 Å². The van der Waals surface area contributed by atoms with Gasteiger partial charge in [0.25, 0.3) is 0 Å². The zero-order valence-corrected chi connectivity index (χ0v) is 17.8. The summed E-state index contributed by atoms with van der Waals surface area (Å²) in [6.07, 6.45) is 3.52. The number of hydrogen-bond acceptors (Lipinski definition) is 4. The molecule has 154 valence electrons. The molecule has 2 unspecified atom stereocenters. The van der Waals surface area contributed by atoms with Crippen LogP contribution in [0.1, 0.15) is 57.1 Å². The van der Waals surface area contributed by atoms with Crippen LogP contribution in [0.5, 0.6) is 5.75 Å². The van der Waals surface area contributed by atoms with Crippen LogP contribution in [0.15, 0.2) is 29.8 Å². The maximum Gasteiger partial charge on any atom is 0.381 e. The molecule has 0 saturated heterocycles. The van der Waals surface area contributed by atoms with Crippen molar-refractivity contribution < 1.29 is 28.2 Å². The number of esters is 1. The van der Waals surface area contributed by atoms with Crippen molar-refractivity contribution in [1.29, 1.82) is 0 Å². The molecule has 0 spiro atoms. The van der Waals surface area contributed by atoms with Crippen molar-refractivity contribution in [3.05, 3.63) is 41.0 Å². The van der Waals surface area contributed by atoms with Crippen LogP contribution >= 0.6 is 15.9 Å². The van der Waals surface area contributed by atoms with Gasteiger partial charge in [0.15, 0.2) is 0 Å². The number of benzene rings is 1. The van der Waals surface area contributed by atoms with Crippen molar-refractivity contribution >= 4 is 21.9 Å².